The van der Waals surface area contributed by atoms with Crippen LogP contribution >= 0.6 is 0 Å². The molecule has 1 aromatic rings. The van der Waals surface area contributed by atoms with E-state index < -0.39 is 11.8 Å². The molecule has 4 rings (SSSR count). The van der Waals surface area contributed by atoms with Crippen molar-refractivity contribution in [3.8, 4) is 0 Å². The molecule has 146 valence electrons. The Hall–Kier alpha value is -2.05. The molecule has 2 heterocycles. The van der Waals surface area contributed by atoms with E-state index in [0.717, 1.165) is 5.56 Å². The van der Waals surface area contributed by atoms with Crippen LogP contribution < -0.4 is 0 Å². The fourth-order valence-corrected chi connectivity index (χ4v) is 4.61. The van der Waals surface area contributed by atoms with E-state index >= 15 is 0 Å². The van der Waals surface area contributed by atoms with Crippen LogP contribution in [-0.2, 0) is 16.1 Å². The molecule has 0 aromatic heterocycles. The lowest BCUT2D eigenvalue weighted by molar-refractivity contribution is -0.161. The van der Waals surface area contributed by atoms with Crippen LogP contribution in [0.5, 0.6) is 0 Å². The van der Waals surface area contributed by atoms with E-state index in [1.54, 1.807) is 21.9 Å². The number of rotatable bonds is 3. The van der Waals surface area contributed by atoms with Crippen molar-refractivity contribution in [2.75, 3.05) is 19.6 Å². The minimum absolute atomic E-state index is 0.0534. The second-order valence-corrected chi connectivity index (χ2v) is 8.34. The summed E-state index contributed by atoms with van der Waals surface area (Å²) < 4.78 is 39.4. The highest BCUT2D eigenvalue weighted by molar-refractivity contribution is 5.81. The summed E-state index contributed by atoms with van der Waals surface area (Å²) in [6.45, 7) is 2.02. The average molecular weight is 380 g/mol. The number of alkyl halides is 2. The van der Waals surface area contributed by atoms with E-state index in [4.69, 9.17) is 0 Å². The third-order valence-corrected chi connectivity index (χ3v) is 6.24. The molecule has 2 saturated heterocycles. The number of hydrogen-bond acceptors (Lipinski definition) is 2. The second kappa shape index (κ2) is 6.53. The van der Waals surface area contributed by atoms with E-state index in [1.807, 2.05) is 0 Å². The first kappa shape index (κ1) is 18.3. The van der Waals surface area contributed by atoms with Gasteiger partial charge in [-0.05, 0) is 30.5 Å². The molecule has 2 aliphatic heterocycles. The molecule has 1 aliphatic carbocycles. The van der Waals surface area contributed by atoms with Gasteiger partial charge in [0.05, 0.1) is 0 Å². The predicted octanol–water partition coefficient (Wildman–Crippen LogP) is 3.21. The Bertz CT molecular complexity index is 751. The van der Waals surface area contributed by atoms with Crippen molar-refractivity contribution in [1.82, 2.24) is 9.80 Å². The van der Waals surface area contributed by atoms with Gasteiger partial charge in [-0.2, -0.15) is 0 Å². The number of carbonyl (C=O) groups is 2. The van der Waals surface area contributed by atoms with Gasteiger partial charge in [-0.3, -0.25) is 9.59 Å². The quantitative estimate of drug-likeness (QED) is 0.808. The summed E-state index contributed by atoms with van der Waals surface area (Å²) in [7, 11) is 0. The molecule has 3 fully saturated rings. The summed E-state index contributed by atoms with van der Waals surface area (Å²) in [4.78, 5) is 28.3. The highest BCUT2D eigenvalue weighted by atomic mass is 19.3. The molecular weight excluding hydrogens is 357 g/mol. The van der Waals surface area contributed by atoms with Gasteiger partial charge in [-0.25, -0.2) is 13.2 Å². The summed E-state index contributed by atoms with van der Waals surface area (Å²) in [5, 5.41) is 0. The smallest absolute Gasteiger partial charge is 0.249 e. The largest absolute Gasteiger partial charge is 0.342 e. The highest BCUT2D eigenvalue weighted by Gasteiger charge is 2.51. The van der Waals surface area contributed by atoms with Crippen molar-refractivity contribution >= 4 is 11.8 Å². The van der Waals surface area contributed by atoms with Gasteiger partial charge in [0, 0.05) is 56.8 Å². The van der Waals surface area contributed by atoms with Gasteiger partial charge in [-0.15, -0.1) is 0 Å². The molecule has 2 amide bonds. The van der Waals surface area contributed by atoms with Crippen molar-refractivity contribution in [1.29, 1.82) is 0 Å². The van der Waals surface area contributed by atoms with E-state index in [0.29, 0.717) is 45.4 Å². The topological polar surface area (TPSA) is 40.6 Å². The van der Waals surface area contributed by atoms with Gasteiger partial charge in [0.25, 0.3) is 0 Å². The Morgan fingerprint density at radius 3 is 2.52 bits per heavy atom. The van der Waals surface area contributed by atoms with Crippen LogP contribution in [0.3, 0.4) is 0 Å². The van der Waals surface area contributed by atoms with E-state index in [9.17, 15) is 22.8 Å². The molecule has 1 saturated carbocycles. The number of benzene rings is 1. The van der Waals surface area contributed by atoms with Crippen LogP contribution in [0.25, 0.3) is 0 Å². The Balaban J connectivity index is 1.33. The maximum absolute atomic E-state index is 13.4. The highest BCUT2D eigenvalue weighted by Crippen LogP contribution is 2.45. The molecule has 0 atom stereocenters. The normalized spacial score (nSPS) is 24.3. The molecule has 27 heavy (non-hydrogen) atoms. The van der Waals surface area contributed by atoms with Crippen molar-refractivity contribution in [3.05, 3.63) is 35.6 Å². The predicted molar refractivity (Wildman–Crippen MR) is 92.4 cm³/mol. The van der Waals surface area contributed by atoms with Crippen molar-refractivity contribution in [2.24, 2.45) is 11.3 Å². The van der Waals surface area contributed by atoms with Crippen LogP contribution in [-0.4, -0.2) is 47.2 Å². The lowest BCUT2D eigenvalue weighted by atomic mass is 9.76. The van der Waals surface area contributed by atoms with E-state index in [1.165, 1.54) is 12.1 Å². The van der Waals surface area contributed by atoms with Crippen LogP contribution in [0, 0.1) is 17.2 Å². The number of halogens is 3. The number of nitrogens with zero attached hydrogens (tertiary/aromatic N) is 2. The molecule has 4 nitrogen and oxygen atoms in total. The van der Waals surface area contributed by atoms with Gasteiger partial charge in [0.1, 0.15) is 5.82 Å². The van der Waals surface area contributed by atoms with Crippen molar-refractivity contribution in [3.63, 3.8) is 0 Å². The second-order valence-electron chi connectivity index (χ2n) is 8.34. The first-order valence-corrected chi connectivity index (χ1v) is 9.44. The summed E-state index contributed by atoms with van der Waals surface area (Å²) in [5.74, 6) is -3.67. The Morgan fingerprint density at radius 2 is 1.89 bits per heavy atom. The summed E-state index contributed by atoms with van der Waals surface area (Å²) >= 11 is 0. The molecule has 7 heteroatoms. The molecule has 3 aliphatic rings. The first-order valence-electron chi connectivity index (χ1n) is 9.44. The zero-order chi connectivity index (χ0) is 19.2. The third kappa shape index (κ3) is 3.69. The molecule has 1 aromatic carbocycles. The fraction of sp³-hybridized carbons (Fsp3) is 0.600. The Labute approximate surface area is 156 Å². The third-order valence-electron chi connectivity index (χ3n) is 6.24. The molecule has 0 bridgehead atoms. The van der Waals surface area contributed by atoms with E-state index in [-0.39, 0.29) is 35.9 Å². The number of likely N-dealkylation sites (tertiary alicyclic amines) is 2. The molecule has 0 radical (unpaired) electrons. The minimum Gasteiger partial charge on any atom is -0.342 e. The summed E-state index contributed by atoms with van der Waals surface area (Å²) in [5.41, 5.74) is 0.601. The van der Waals surface area contributed by atoms with Crippen molar-refractivity contribution in [2.45, 2.75) is 44.6 Å². The van der Waals surface area contributed by atoms with Gasteiger partial charge >= 0.3 is 0 Å². The number of hydrogen-bond donors (Lipinski definition) is 0. The molecule has 1 spiro atoms. The lowest BCUT2D eigenvalue weighted by Gasteiger charge is -2.42. The zero-order valence-corrected chi connectivity index (χ0v) is 15.1. The van der Waals surface area contributed by atoms with Crippen LogP contribution in [0.1, 0.15) is 37.7 Å². The average Bonchev–Trinajstić information content (AvgIpc) is 2.88. The summed E-state index contributed by atoms with van der Waals surface area (Å²) in [6, 6.07) is 6.25. The lowest BCUT2D eigenvalue weighted by Crippen LogP contribution is -2.50. The first-order chi connectivity index (χ1) is 12.8. The summed E-state index contributed by atoms with van der Waals surface area (Å²) in [6.07, 6.45) is 1.16. The fourth-order valence-electron chi connectivity index (χ4n) is 4.61. The maximum atomic E-state index is 13.4. The number of carbonyl (C=O) groups excluding carboxylic acids is 2. The Morgan fingerprint density at radius 1 is 1.19 bits per heavy atom. The van der Waals surface area contributed by atoms with Crippen LogP contribution in [0.15, 0.2) is 24.3 Å². The van der Waals surface area contributed by atoms with Crippen LogP contribution in [0.2, 0.25) is 0 Å². The van der Waals surface area contributed by atoms with Gasteiger partial charge in [0.2, 0.25) is 17.7 Å². The van der Waals surface area contributed by atoms with Gasteiger partial charge in [-0.1, -0.05) is 12.1 Å². The number of piperidine rings is 1. The maximum Gasteiger partial charge on any atom is 0.249 e. The van der Waals surface area contributed by atoms with Crippen LogP contribution in [0.4, 0.5) is 13.2 Å². The van der Waals surface area contributed by atoms with Gasteiger partial charge < -0.3 is 9.80 Å². The minimum atomic E-state index is -2.69. The number of amides is 2. The molecule has 0 N–H and O–H groups in total. The van der Waals surface area contributed by atoms with Gasteiger partial charge in [0.15, 0.2) is 0 Å². The SMILES string of the molecule is O=C1CC2(CCN(C(=O)C3CC(F)(F)C3)CC2)CN1Cc1cccc(F)c1. The monoisotopic (exact) mass is 380 g/mol. The van der Waals surface area contributed by atoms with E-state index in [2.05, 4.69) is 0 Å². The molecular formula is C20H23F3N2O2. The Kier molecular flexibility index (Phi) is 4.43. The zero-order valence-electron chi connectivity index (χ0n) is 15.1. The van der Waals surface area contributed by atoms with Crippen molar-refractivity contribution < 1.29 is 22.8 Å². The molecule has 0 unspecified atom stereocenters. The standard InChI is InChI=1S/C20H23F3N2O2/c21-16-3-1-2-14(8-16)12-25-13-19(11-17(25)26)4-6-24(7-5-19)18(27)15-9-20(22,23)10-15/h1-3,8,15H,4-7,9-13H2.